The first-order chi connectivity index (χ1) is 29.3. The summed E-state index contributed by atoms with van der Waals surface area (Å²) in [7, 11) is 0. The topological polar surface area (TPSA) is 26.3 Å². The molecule has 0 N–H and O–H groups in total. The number of hydrogen-bond acceptors (Lipinski definition) is 3. The first-order valence-corrected chi connectivity index (χ1v) is 20.9. The lowest BCUT2D eigenvalue weighted by Gasteiger charge is -2.18. The van der Waals surface area contributed by atoms with Crippen LogP contribution in [0.4, 0.5) is 0 Å². The number of fused-ring (bicyclic) bond motifs is 11. The van der Waals surface area contributed by atoms with Gasteiger partial charge in [-0.25, -0.2) is 0 Å². The third-order valence-corrected chi connectivity index (χ3v) is 13.4. The Labute approximate surface area is 342 Å². The zero-order valence-electron chi connectivity index (χ0n) is 31.7. The maximum atomic E-state index is 7.22. The van der Waals surface area contributed by atoms with E-state index in [2.05, 4.69) is 194 Å². The van der Waals surface area contributed by atoms with E-state index in [1.54, 1.807) is 0 Å². The molecule has 0 radical (unpaired) electrons. The molecule has 0 saturated carbocycles. The van der Waals surface area contributed by atoms with Crippen LogP contribution in [-0.4, -0.2) is 0 Å². The van der Waals surface area contributed by atoms with Gasteiger partial charge in [0, 0.05) is 58.6 Å². The molecule has 3 heteroatoms. The second kappa shape index (κ2) is 12.5. The summed E-state index contributed by atoms with van der Waals surface area (Å²) in [5.41, 5.74) is 10.3. The Morgan fingerprint density at radius 1 is 0.322 bits per heavy atom. The van der Waals surface area contributed by atoms with Crippen LogP contribution in [0.3, 0.4) is 0 Å². The normalized spacial score (nSPS) is 12.1. The average Bonchev–Trinajstić information content (AvgIpc) is 3.99. The van der Waals surface area contributed by atoms with Crippen molar-refractivity contribution in [1.29, 1.82) is 0 Å². The molecule has 13 aromatic rings. The van der Waals surface area contributed by atoms with Gasteiger partial charge < -0.3 is 8.83 Å². The number of furan rings is 2. The predicted molar refractivity (Wildman–Crippen MR) is 251 cm³/mol. The third-order valence-electron chi connectivity index (χ3n) is 12.2. The minimum absolute atomic E-state index is 0.827. The maximum Gasteiger partial charge on any atom is 0.144 e. The van der Waals surface area contributed by atoms with Crippen molar-refractivity contribution in [2.24, 2.45) is 0 Å². The molecule has 2 nitrogen and oxygen atoms in total. The predicted octanol–water partition coefficient (Wildman–Crippen LogP) is 16.8. The highest BCUT2D eigenvalue weighted by atomic mass is 32.1. The smallest absolute Gasteiger partial charge is 0.144 e. The van der Waals surface area contributed by atoms with Crippen LogP contribution in [0.25, 0.3) is 130 Å². The standard InChI is InChI=1S/C56H32O2S/c1-2-15-34(16-3-1)51-54-47(58-55(51)37-27-26-33-14-4-5-17-35(33)30-37)32-45(56-53(54)43-23-10-12-24-46(43)57-56)52-41-21-8-6-19-39(41)50(40-20-7-9-22-42(40)52)36-28-29-49-44(31-36)38-18-11-13-25-48(38)59-49/h1-32H. The van der Waals surface area contributed by atoms with E-state index in [4.69, 9.17) is 8.83 Å². The average molecular weight is 769 g/mol. The quantitative estimate of drug-likeness (QED) is 0.167. The van der Waals surface area contributed by atoms with Gasteiger partial charge in [0.2, 0.25) is 0 Å². The molecule has 0 amide bonds. The van der Waals surface area contributed by atoms with Gasteiger partial charge in [0.15, 0.2) is 0 Å². The summed E-state index contributed by atoms with van der Waals surface area (Å²) in [5, 5.41) is 12.9. The van der Waals surface area contributed by atoms with E-state index in [1.807, 2.05) is 11.3 Å². The Balaban J connectivity index is 1.16. The number of para-hydroxylation sites is 1. The second-order valence-electron chi connectivity index (χ2n) is 15.5. The van der Waals surface area contributed by atoms with Gasteiger partial charge in [-0.2, -0.15) is 0 Å². The monoisotopic (exact) mass is 768 g/mol. The second-order valence-corrected chi connectivity index (χ2v) is 16.6. The minimum Gasteiger partial charge on any atom is -0.455 e. The Hall–Kier alpha value is -7.46. The maximum absolute atomic E-state index is 7.22. The lowest BCUT2D eigenvalue weighted by atomic mass is 9.84. The SMILES string of the molecule is c1ccc(-c2c(-c3ccc4ccccc4c3)oc3cc(-c4c5ccccc5c(-c5ccc6sc7ccccc7c6c5)c5ccccc45)c4oc5ccccc5c4c23)cc1. The Morgan fingerprint density at radius 3 is 1.71 bits per heavy atom. The summed E-state index contributed by atoms with van der Waals surface area (Å²) < 4.78 is 16.9. The molecule has 10 aromatic carbocycles. The van der Waals surface area contributed by atoms with E-state index < -0.39 is 0 Å². The van der Waals surface area contributed by atoms with Gasteiger partial charge >= 0.3 is 0 Å². The highest BCUT2D eigenvalue weighted by Gasteiger charge is 2.27. The van der Waals surface area contributed by atoms with Crippen LogP contribution in [0.1, 0.15) is 0 Å². The van der Waals surface area contributed by atoms with Crippen LogP contribution in [0, 0.1) is 0 Å². The number of benzene rings is 10. The zero-order chi connectivity index (χ0) is 38.6. The van der Waals surface area contributed by atoms with Crippen molar-refractivity contribution in [2.75, 3.05) is 0 Å². The first-order valence-electron chi connectivity index (χ1n) is 20.1. The first kappa shape index (κ1) is 32.6. The van der Waals surface area contributed by atoms with Crippen LogP contribution >= 0.6 is 11.3 Å². The van der Waals surface area contributed by atoms with Crippen molar-refractivity contribution in [3.05, 3.63) is 194 Å². The van der Waals surface area contributed by atoms with E-state index in [1.165, 1.54) is 63.6 Å². The van der Waals surface area contributed by atoms with Crippen LogP contribution in [-0.2, 0) is 0 Å². The fraction of sp³-hybridized carbons (Fsp3) is 0. The summed E-state index contributed by atoms with van der Waals surface area (Å²) in [6.45, 7) is 0. The van der Waals surface area contributed by atoms with Gasteiger partial charge in [0.05, 0.1) is 0 Å². The van der Waals surface area contributed by atoms with Gasteiger partial charge in [-0.3, -0.25) is 0 Å². The van der Waals surface area contributed by atoms with E-state index in [-0.39, 0.29) is 0 Å². The third kappa shape index (κ3) is 4.80. The zero-order valence-corrected chi connectivity index (χ0v) is 32.5. The molecule has 0 aliphatic rings. The molecule has 0 saturated heterocycles. The molecule has 0 spiro atoms. The van der Waals surface area contributed by atoms with Crippen molar-refractivity contribution in [2.45, 2.75) is 0 Å². The largest absolute Gasteiger partial charge is 0.455 e. The lowest BCUT2D eigenvalue weighted by Crippen LogP contribution is -1.91. The van der Waals surface area contributed by atoms with Crippen LogP contribution in [0.5, 0.6) is 0 Å². The highest BCUT2D eigenvalue weighted by Crippen LogP contribution is 2.52. The van der Waals surface area contributed by atoms with Crippen molar-refractivity contribution in [1.82, 2.24) is 0 Å². The van der Waals surface area contributed by atoms with Crippen molar-refractivity contribution >= 4 is 96.7 Å². The molecular weight excluding hydrogens is 737 g/mol. The lowest BCUT2D eigenvalue weighted by molar-refractivity contribution is 0.632. The van der Waals surface area contributed by atoms with Crippen molar-refractivity contribution in [3.63, 3.8) is 0 Å². The number of hydrogen-bond donors (Lipinski definition) is 0. The van der Waals surface area contributed by atoms with E-state index in [0.717, 1.165) is 66.5 Å². The summed E-state index contributed by atoms with van der Waals surface area (Å²) in [6.07, 6.45) is 0. The summed E-state index contributed by atoms with van der Waals surface area (Å²) >= 11 is 1.86. The van der Waals surface area contributed by atoms with Crippen LogP contribution in [0.2, 0.25) is 0 Å². The molecule has 0 atom stereocenters. The fourth-order valence-corrected chi connectivity index (χ4v) is 10.8. The van der Waals surface area contributed by atoms with E-state index in [9.17, 15) is 0 Å². The molecule has 0 bridgehead atoms. The Kier molecular flexibility index (Phi) is 6.92. The summed E-state index contributed by atoms with van der Waals surface area (Å²) in [4.78, 5) is 0. The molecule has 3 heterocycles. The molecular formula is C56H32O2S. The Bertz CT molecular complexity index is 3790. The minimum atomic E-state index is 0.827. The number of thiophene rings is 1. The molecule has 59 heavy (non-hydrogen) atoms. The van der Waals surface area contributed by atoms with Crippen molar-refractivity contribution < 1.29 is 8.83 Å². The molecule has 0 aliphatic heterocycles. The van der Waals surface area contributed by atoms with Gasteiger partial charge in [0.1, 0.15) is 22.5 Å². The van der Waals surface area contributed by atoms with Gasteiger partial charge in [-0.15, -0.1) is 11.3 Å². The molecule has 3 aromatic heterocycles. The van der Waals surface area contributed by atoms with Crippen LogP contribution in [0.15, 0.2) is 203 Å². The van der Waals surface area contributed by atoms with Gasteiger partial charge in [0.25, 0.3) is 0 Å². The van der Waals surface area contributed by atoms with E-state index >= 15 is 0 Å². The Morgan fingerprint density at radius 2 is 0.932 bits per heavy atom. The summed E-state index contributed by atoms with van der Waals surface area (Å²) in [6, 6.07) is 70.0. The molecule has 13 rings (SSSR count). The highest BCUT2D eigenvalue weighted by molar-refractivity contribution is 7.25. The number of rotatable bonds is 4. The fourth-order valence-electron chi connectivity index (χ4n) is 9.69. The molecule has 0 unspecified atom stereocenters. The molecule has 0 fully saturated rings. The van der Waals surface area contributed by atoms with Crippen molar-refractivity contribution in [3.8, 4) is 44.7 Å². The summed E-state index contributed by atoms with van der Waals surface area (Å²) in [5.74, 6) is 0.849. The van der Waals surface area contributed by atoms with E-state index in [0.29, 0.717) is 0 Å². The van der Waals surface area contributed by atoms with Gasteiger partial charge in [-0.1, -0.05) is 158 Å². The molecule has 274 valence electrons. The van der Waals surface area contributed by atoms with Crippen LogP contribution < -0.4 is 0 Å². The van der Waals surface area contributed by atoms with Gasteiger partial charge in [-0.05, 0) is 85.4 Å². The molecule has 0 aliphatic carbocycles.